The molecule has 7 heteroatoms. The summed E-state index contributed by atoms with van der Waals surface area (Å²) < 4.78 is 35.5. The standard InChI is InChI=1S/C28H17Br3O3S/c29-20-9-5-18(6-10-20)27(19-7-11-21(30)12-8-19)28-25-4-2-1-3-24(25)26(34-28)17-35(32,33)23-15-13-22(31)14-16-23/h1-17H/b26-17-. The number of furan rings is 1. The van der Waals surface area contributed by atoms with Crippen molar-refractivity contribution in [2.45, 2.75) is 4.90 Å². The van der Waals surface area contributed by atoms with Crippen LogP contribution in [0.5, 0.6) is 0 Å². The van der Waals surface area contributed by atoms with Crippen LogP contribution in [0.2, 0.25) is 0 Å². The zero-order chi connectivity index (χ0) is 24.6. The van der Waals surface area contributed by atoms with Crippen LogP contribution < -0.4 is 10.8 Å². The Hall–Kier alpha value is -2.45. The molecule has 174 valence electrons. The van der Waals surface area contributed by atoms with Crippen molar-refractivity contribution < 1.29 is 12.8 Å². The first-order chi connectivity index (χ1) is 16.8. The molecule has 0 saturated carbocycles. The van der Waals surface area contributed by atoms with Crippen LogP contribution in [0.1, 0.15) is 11.1 Å². The van der Waals surface area contributed by atoms with Gasteiger partial charge in [-0.2, -0.15) is 0 Å². The van der Waals surface area contributed by atoms with Crippen LogP contribution in [0.15, 0.2) is 120 Å². The lowest BCUT2D eigenvalue weighted by Crippen LogP contribution is -2.09. The molecule has 4 aromatic carbocycles. The second kappa shape index (κ2) is 9.90. The minimum absolute atomic E-state index is 0.202. The molecule has 0 bridgehead atoms. The Bertz CT molecular complexity index is 1710. The van der Waals surface area contributed by atoms with E-state index in [4.69, 9.17) is 4.42 Å². The zero-order valence-electron chi connectivity index (χ0n) is 18.1. The van der Waals surface area contributed by atoms with Gasteiger partial charge in [0.15, 0.2) is 0 Å². The third kappa shape index (κ3) is 5.09. The SMILES string of the molecule is O=S(=O)(/C=c1\oc(=C(c2ccc(Br)cc2)c2ccc(Br)cc2)c2ccccc12)c1ccc(Br)cc1. The van der Waals surface area contributed by atoms with Crippen LogP contribution in [0, 0.1) is 0 Å². The van der Waals surface area contributed by atoms with Crippen LogP contribution in [0.3, 0.4) is 0 Å². The van der Waals surface area contributed by atoms with Gasteiger partial charge in [0.1, 0.15) is 10.8 Å². The minimum Gasteiger partial charge on any atom is -0.455 e. The molecular formula is C28H17Br3O3S. The normalized spacial score (nSPS) is 12.3. The van der Waals surface area contributed by atoms with Crippen molar-refractivity contribution in [3.63, 3.8) is 0 Å². The molecule has 0 aliphatic heterocycles. The third-order valence-corrected chi connectivity index (χ3v) is 8.59. The van der Waals surface area contributed by atoms with Gasteiger partial charge in [0.2, 0.25) is 9.84 Å². The molecule has 0 radical (unpaired) electrons. The molecule has 0 spiro atoms. The molecule has 0 atom stereocenters. The van der Waals surface area contributed by atoms with Crippen LogP contribution >= 0.6 is 47.8 Å². The summed E-state index contributed by atoms with van der Waals surface area (Å²) in [6.07, 6.45) is 0. The fourth-order valence-electron chi connectivity index (χ4n) is 3.88. The molecule has 1 aromatic heterocycles. The van der Waals surface area contributed by atoms with Gasteiger partial charge in [-0.15, -0.1) is 0 Å². The van der Waals surface area contributed by atoms with E-state index in [1.165, 1.54) is 5.41 Å². The first-order valence-corrected chi connectivity index (χ1v) is 14.5. The Labute approximate surface area is 228 Å². The number of sulfone groups is 1. The van der Waals surface area contributed by atoms with Gasteiger partial charge >= 0.3 is 0 Å². The smallest absolute Gasteiger partial charge is 0.203 e. The van der Waals surface area contributed by atoms with Crippen molar-refractivity contribution in [1.82, 2.24) is 0 Å². The lowest BCUT2D eigenvalue weighted by atomic mass is 9.97. The summed E-state index contributed by atoms with van der Waals surface area (Å²) >= 11 is 10.4. The van der Waals surface area contributed by atoms with Gasteiger partial charge in [-0.3, -0.25) is 0 Å². The first kappa shape index (κ1) is 24.3. The fraction of sp³-hybridized carbons (Fsp3) is 0. The van der Waals surface area contributed by atoms with E-state index in [9.17, 15) is 8.42 Å². The molecule has 0 N–H and O–H groups in total. The van der Waals surface area contributed by atoms with Crippen molar-refractivity contribution in [2.75, 3.05) is 0 Å². The molecule has 3 nitrogen and oxygen atoms in total. The molecule has 5 rings (SSSR count). The van der Waals surface area contributed by atoms with Gasteiger partial charge in [0.05, 0.1) is 10.3 Å². The summed E-state index contributed by atoms with van der Waals surface area (Å²) in [5.74, 6) is 0. The van der Waals surface area contributed by atoms with Crippen LogP contribution in [-0.2, 0) is 9.84 Å². The highest BCUT2D eigenvalue weighted by molar-refractivity contribution is 9.11. The largest absolute Gasteiger partial charge is 0.455 e. The van der Waals surface area contributed by atoms with E-state index in [0.717, 1.165) is 40.9 Å². The van der Waals surface area contributed by atoms with Crippen molar-refractivity contribution in [1.29, 1.82) is 0 Å². The fourth-order valence-corrected chi connectivity index (χ4v) is 5.79. The number of rotatable bonds is 4. The predicted molar refractivity (Wildman–Crippen MR) is 151 cm³/mol. The number of hydrogen-bond acceptors (Lipinski definition) is 3. The second-order valence-electron chi connectivity index (χ2n) is 7.85. The monoisotopic (exact) mass is 670 g/mol. The molecule has 1 heterocycles. The molecule has 5 aromatic rings. The van der Waals surface area contributed by atoms with Gasteiger partial charge in [-0.1, -0.05) is 96.3 Å². The zero-order valence-corrected chi connectivity index (χ0v) is 23.7. The van der Waals surface area contributed by atoms with E-state index in [1.54, 1.807) is 24.3 Å². The Morgan fingerprint density at radius 3 is 1.60 bits per heavy atom. The predicted octanol–water partition coefficient (Wildman–Crippen LogP) is 7.18. The maximum atomic E-state index is 13.2. The number of benzene rings is 4. The number of hydrogen-bond donors (Lipinski definition) is 0. The van der Waals surface area contributed by atoms with E-state index in [0.29, 0.717) is 10.8 Å². The lowest BCUT2D eigenvalue weighted by molar-refractivity contribution is 0.506. The quantitative estimate of drug-likeness (QED) is 0.203. The average Bonchev–Trinajstić information content (AvgIpc) is 3.19. The van der Waals surface area contributed by atoms with Crippen molar-refractivity contribution in [3.05, 3.63) is 132 Å². The summed E-state index contributed by atoms with van der Waals surface area (Å²) in [5, 5.41) is 2.78. The Kier molecular flexibility index (Phi) is 6.86. The highest BCUT2D eigenvalue weighted by Gasteiger charge is 2.16. The Morgan fingerprint density at radius 2 is 1.09 bits per heavy atom. The molecule has 0 aliphatic rings. The first-order valence-electron chi connectivity index (χ1n) is 10.6. The van der Waals surface area contributed by atoms with Crippen molar-refractivity contribution >= 4 is 79.4 Å². The van der Waals surface area contributed by atoms with Crippen LogP contribution in [-0.4, -0.2) is 8.42 Å². The molecule has 0 amide bonds. The van der Waals surface area contributed by atoms with Gasteiger partial charge in [0, 0.05) is 29.8 Å². The minimum atomic E-state index is -3.74. The van der Waals surface area contributed by atoms with E-state index in [-0.39, 0.29) is 4.90 Å². The van der Waals surface area contributed by atoms with Gasteiger partial charge in [0.25, 0.3) is 0 Å². The van der Waals surface area contributed by atoms with E-state index < -0.39 is 9.84 Å². The second-order valence-corrected chi connectivity index (χ2v) is 12.4. The van der Waals surface area contributed by atoms with E-state index >= 15 is 0 Å². The average molecular weight is 673 g/mol. The van der Waals surface area contributed by atoms with Gasteiger partial charge in [-0.05, 0) is 59.7 Å². The Morgan fingerprint density at radius 1 is 0.629 bits per heavy atom. The molecule has 0 fully saturated rings. The van der Waals surface area contributed by atoms with Gasteiger partial charge in [-0.25, -0.2) is 8.42 Å². The molecule has 0 saturated heterocycles. The molecule has 35 heavy (non-hydrogen) atoms. The third-order valence-electron chi connectivity index (χ3n) is 5.55. The highest BCUT2D eigenvalue weighted by atomic mass is 79.9. The van der Waals surface area contributed by atoms with E-state index in [2.05, 4.69) is 47.8 Å². The maximum Gasteiger partial charge on any atom is 0.203 e. The summed E-state index contributed by atoms with van der Waals surface area (Å²) in [4.78, 5) is 0.202. The highest BCUT2D eigenvalue weighted by Crippen LogP contribution is 2.25. The van der Waals surface area contributed by atoms with Crippen LogP contribution in [0.25, 0.3) is 21.8 Å². The number of fused-ring (bicyclic) bond motifs is 1. The topological polar surface area (TPSA) is 47.3 Å². The molecule has 0 unspecified atom stereocenters. The summed E-state index contributed by atoms with van der Waals surface area (Å²) in [5.41, 5.74) is 3.70. The maximum absolute atomic E-state index is 13.2. The molecular weight excluding hydrogens is 656 g/mol. The molecule has 0 aliphatic carbocycles. The van der Waals surface area contributed by atoms with Gasteiger partial charge < -0.3 is 4.42 Å². The summed E-state index contributed by atoms with van der Waals surface area (Å²) in [6, 6.07) is 30.2. The van der Waals surface area contributed by atoms with E-state index in [1.807, 2.05) is 72.8 Å². The number of halogens is 3. The van der Waals surface area contributed by atoms with Crippen LogP contribution in [0.4, 0.5) is 0 Å². The lowest BCUT2D eigenvalue weighted by Gasteiger charge is -2.08. The summed E-state index contributed by atoms with van der Waals surface area (Å²) in [6.45, 7) is 0. The Balaban J connectivity index is 1.86. The van der Waals surface area contributed by atoms with Crippen molar-refractivity contribution in [2.24, 2.45) is 0 Å². The van der Waals surface area contributed by atoms with Crippen molar-refractivity contribution in [3.8, 4) is 0 Å². The summed E-state index contributed by atoms with van der Waals surface area (Å²) in [7, 11) is -3.74.